The quantitative estimate of drug-likeness (QED) is 0.728. The highest BCUT2D eigenvalue weighted by molar-refractivity contribution is 5.89. The van der Waals surface area contributed by atoms with Crippen LogP contribution in [0.5, 0.6) is 0 Å². The van der Waals surface area contributed by atoms with Gasteiger partial charge >= 0.3 is 11.9 Å². The van der Waals surface area contributed by atoms with Gasteiger partial charge in [0.2, 0.25) is 0 Å². The Morgan fingerprint density at radius 3 is 2.32 bits per heavy atom. The number of rotatable bonds is 3. The normalized spacial score (nSPS) is 22.5. The summed E-state index contributed by atoms with van der Waals surface area (Å²) < 4.78 is 0. The van der Waals surface area contributed by atoms with Gasteiger partial charge in [0.25, 0.3) is 0 Å². The maximum absolute atomic E-state index is 9.55. The van der Waals surface area contributed by atoms with Crippen LogP contribution in [-0.2, 0) is 9.59 Å². The molecule has 2 bridgehead atoms. The lowest BCUT2D eigenvalue weighted by Crippen LogP contribution is -2.43. The Labute approximate surface area is 129 Å². The third-order valence-corrected chi connectivity index (χ3v) is 3.85. The van der Waals surface area contributed by atoms with Crippen molar-refractivity contribution in [2.75, 3.05) is 18.0 Å². The van der Waals surface area contributed by atoms with E-state index >= 15 is 0 Å². The molecule has 2 heterocycles. The first-order valence-corrected chi connectivity index (χ1v) is 7.17. The Kier molecular flexibility index (Phi) is 5.16. The van der Waals surface area contributed by atoms with Crippen LogP contribution in [0.1, 0.15) is 12.0 Å². The number of piperazine rings is 1. The Hall–Kier alpha value is -2.34. The lowest BCUT2D eigenvalue weighted by atomic mass is 10.1. The van der Waals surface area contributed by atoms with Gasteiger partial charge in [0.05, 0.1) is 0 Å². The van der Waals surface area contributed by atoms with Crippen molar-refractivity contribution >= 4 is 17.6 Å². The number of hydrogen-bond donors (Lipinski definition) is 3. The minimum atomic E-state index is -1.26. The number of anilines is 1. The number of aryl methyl sites for hydroxylation is 1. The van der Waals surface area contributed by atoms with Crippen LogP contribution in [0.4, 0.5) is 5.69 Å². The molecule has 6 heteroatoms. The third-order valence-electron chi connectivity index (χ3n) is 3.85. The number of hydrogen-bond acceptors (Lipinski definition) is 4. The molecule has 0 saturated carbocycles. The van der Waals surface area contributed by atoms with E-state index in [1.54, 1.807) is 0 Å². The average Bonchev–Trinajstić information content (AvgIpc) is 3.09. The van der Waals surface area contributed by atoms with Crippen molar-refractivity contribution in [3.8, 4) is 0 Å². The van der Waals surface area contributed by atoms with Crippen molar-refractivity contribution in [1.29, 1.82) is 0 Å². The summed E-state index contributed by atoms with van der Waals surface area (Å²) in [5.74, 6) is -2.51. The van der Waals surface area contributed by atoms with Gasteiger partial charge in [-0.2, -0.15) is 0 Å². The van der Waals surface area contributed by atoms with E-state index in [2.05, 4.69) is 41.4 Å². The first kappa shape index (κ1) is 16.0. The van der Waals surface area contributed by atoms with Gasteiger partial charge in [-0.15, -0.1) is 0 Å². The fourth-order valence-corrected chi connectivity index (χ4v) is 2.88. The fourth-order valence-electron chi connectivity index (χ4n) is 2.88. The number of carboxylic acid groups (broad SMARTS) is 2. The van der Waals surface area contributed by atoms with E-state index in [4.69, 9.17) is 10.2 Å². The van der Waals surface area contributed by atoms with Gasteiger partial charge in [-0.25, -0.2) is 9.59 Å². The number of benzene rings is 1. The molecule has 118 valence electrons. The summed E-state index contributed by atoms with van der Waals surface area (Å²) in [5, 5.41) is 19.2. The van der Waals surface area contributed by atoms with Gasteiger partial charge in [0, 0.05) is 43.0 Å². The number of carbonyl (C=O) groups is 2. The first-order chi connectivity index (χ1) is 10.5. The highest BCUT2D eigenvalue weighted by Crippen LogP contribution is 2.31. The zero-order chi connectivity index (χ0) is 16.1. The second-order valence-corrected chi connectivity index (χ2v) is 5.44. The van der Waals surface area contributed by atoms with E-state index in [-0.39, 0.29) is 0 Å². The van der Waals surface area contributed by atoms with Crippen LogP contribution < -0.4 is 10.2 Å². The molecular weight excluding hydrogens is 284 g/mol. The largest absolute Gasteiger partial charge is 0.478 e. The van der Waals surface area contributed by atoms with Crippen molar-refractivity contribution in [3.63, 3.8) is 0 Å². The van der Waals surface area contributed by atoms with E-state index in [0.29, 0.717) is 12.2 Å². The molecular formula is C16H20N2O4. The van der Waals surface area contributed by atoms with Gasteiger partial charge < -0.3 is 20.4 Å². The smallest absolute Gasteiger partial charge is 0.328 e. The molecule has 2 aliphatic rings. The monoisotopic (exact) mass is 304 g/mol. The number of nitrogens with one attached hydrogen (secondary N) is 1. The molecule has 2 saturated heterocycles. The van der Waals surface area contributed by atoms with E-state index in [1.807, 2.05) is 0 Å². The average molecular weight is 304 g/mol. The summed E-state index contributed by atoms with van der Waals surface area (Å²) in [4.78, 5) is 21.7. The lowest BCUT2D eigenvalue weighted by Gasteiger charge is -2.30. The molecule has 0 aromatic heterocycles. The SMILES string of the molecule is Cc1ccccc1N1C[C@@H]2C[C@H]1CN2.O=C(O)C=CC(=O)O. The molecule has 0 radical (unpaired) electrons. The van der Waals surface area contributed by atoms with Crippen LogP contribution in [0.3, 0.4) is 0 Å². The Morgan fingerprint density at radius 2 is 1.86 bits per heavy atom. The topological polar surface area (TPSA) is 89.9 Å². The van der Waals surface area contributed by atoms with E-state index in [0.717, 1.165) is 12.1 Å². The van der Waals surface area contributed by atoms with Crippen molar-refractivity contribution in [2.24, 2.45) is 0 Å². The predicted octanol–water partition coefficient (Wildman–Crippen LogP) is 1.26. The Balaban J connectivity index is 0.000000192. The number of fused-ring (bicyclic) bond motifs is 2. The molecule has 22 heavy (non-hydrogen) atoms. The van der Waals surface area contributed by atoms with Crippen molar-refractivity contribution < 1.29 is 19.8 Å². The number of carboxylic acids is 2. The van der Waals surface area contributed by atoms with E-state index in [1.165, 1.54) is 30.8 Å². The van der Waals surface area contributed by atoms with Crippen LogP contribution in [0, 0.1) is 6.92 Å². The van der Waals surface area contributed by atoms with Crippen LogP contribution in [-0.4, -0.2) is 47.3 Å². The Bertz CT molecular complexity index is 569. The molecule has 3 N–H and O–H groups in total. The number of aliphatic carboxylic acids is 2. The number of nitrogens with zero attached hydrogens (tertiary/aromatic N) is 1. The summed E-state index contributed by atoms with van der Waals surface area (Å²) in [5.41, 5.74) is 2.83. The second kappa shape index (κ2) is 7.09. The summed E-state index contributed by atoms with van der Waals surface area (Å²) in [6, 6.07) is 10.2. The standard InChI is InChI=1S/C12H16N2.C4H4O4/c1-9-4-2-3-5-12(9)14-8-10-6-11(14)7-13-10;5-3(6)1-2-4(7)8/h2-5,10-11,13H,6-8H2,1H3;1-2H,(H,5,6)(H,7,8)/t10-,11-;/m0./s1. The maximum Gasteiger partial charge on any atom is 0.328 e. The van der Waals surface area contributed by atoms with Crippen molar-refractivity contribution in [3.05, 3.63) is 42.0 Å². The summed E-state index contributed by atoms with van der Waals surface area (Å²) in [7, 11) is 0. The molecule has 1 aromatic rings. The minimum absolute atomic E-state index is 0.558. The van der Waals surface area contributed by atoms with Gasteiger partial charge in [-0.05, 0) is 25.0 Å². The first-order valence-electron chi connectivity index (χ1n) is 7.17. The predicted molar refractivity (Wildman–Crippen MR) is 83.1 cm³/mol. The summed E-state index contributed by atoms with van der Waals surface area (Å²) in [6.07, 6.45) is 2.44. The highest BCUT2D eigenvalue weighted by atomic mass is 16.4. The van der Waals surface area contributed by atoms with Crippen molar-refractivity contribution in [2.45, 2.75) is 25.4 Å². The molecule has 2 fully saturated rings. The minimum Gasteiger partial charge on any atom is -0.478 e. The Morgan fingerprint density at radius 1 is 1.23 bits per heavy atom. The molecule has 6 nitrogen and oxygen atoms in total. The maximum atomic E-state index is 9.55. The zero-order valence-corrected chi connectivity index (χ0v) is 12.4. The van der Waals surface area contributed by atoms with Crippen LogP contribution in [0.25, 0.3) is 0 Å². The highest BCUT2D eigenvalue weighted by Gasteiger charge is 2.37. The molecule has 0 aliphatic carbocycles. The van der Waals surface area contributed by atoms with Crippen LogP contribution in [0.2, 0.25) is 0 Å². The third kappa shape index (κ3) is 4.08. The molecule has 0 spiro atoms. The van der Waals surface area contributed by atoms with Crippen molar-refractivity contribution in [1.82, 2.24) is 5.32 Å². The number of para-hydroxylation sites is 1. The van der Waals surface area contributed by atoms with Crippen LogP contribution >= 0.6 is 0 Å². The molecule has 0 unspecified atom stereocenters. The van der Waals surface area contributed by atoms with Gasteiger partial charge in [0.1, 0.15) is 0 Å². The van der Waals surface area contributed by atoms with Gasteiger partial charge in [-0.3, -0.25) is 0 Å². The van der Waals surface area contributed by atoms with Crippen LogP contribution in [0.15, 0.2) is 36.4 Å². The van der Waals surface area contributed by atoms with E-state index < -0.39 is 11.9 Å². The molecule has 2 atom stereocenters. The fraction of sp³-hybridized carbons (Fsp3) is 0.375. The lowest BCUT2D eigenvalue weighted by molar-refractivity contribution is -0.134. The molecule has 2 aliphatic heterocycles. The second-order valence-electron chi connectivity index (χ2n) is 5.44. The molecule has 1 aromatic carbocycles. The zero-order valence-electron chi connectivity index (χ0n) is 12.4. The summed E-state index contributed by atoms with van der Waals surface area (Å²) in [6.45, 7) is 4.56. The summed E-state index contributed by atoms with van der Waals surface area (Å²) >= 11 is 0. The molecule has 3 rings (SSSR count). The molecule has 0 amide bonds. The van der Waals surface area contributed by atoms with Gasteiger partial charge in [-0.1, -0.05) is 18.2 Å². The van der Waals surface area contributed by atoms with Gasteiger partial charge in [0.15, 0.2) is 0 Å². The van der Waals surface area contributed by atoms with E-state index in [9.17, 15) is 9.59 Å².